The quantitative estimate of drug-likeness (QED) is 0.380. The fourth-order valence-electron chi connectivity index (χ4n) is 5.70. The predicted molar refractivity (Wildman–Crippen MR) is 114 cm³/mol. The minimum atomic E-state index is -1.22. The van der Waals surface area contributed by atoms with Gasteiger partial charge in [0.1, 0.15) is 5.75 Å². The molecule has 1 amide bonds. The summed E-state index contributed by atoms with van der Waals surface area (Å²) in [5, 5.41) is 0. The summed E-state index contributed by atoms with van der Waals surface area (Å²) in [4.78, 5) is 40.1. The Kier molecular flexibility index (Phi) is 5.80. The number of likely N-dealkylation sites (tertiary alicyclic amines) is 2. The molecule has 1 aromatic carbocycles. The van der Waals surface area contributed by atoms with Crippen LogP contribution in [0.5, 0.6) is 5.75 Å². The Bertz CT molecular complexity index is 863. The Morgan fingerprint density at radius 2 is 1.72 bits per heavy atom. The summed E-state index contributed by atoms with van der Waals surface area (Å²) >= 11 is 0. The van der Waals surface area contributed by atoms with Gasteiger partial charge in [0.2, 0.25) is 0 Å². The van der Waals surface area contributed by atoms with Crippen LogP contribution in [0.15, 0.2) is 24.3 Å². The van der Waals surface area contributed by atoms with E-state index < -0.39 is 17.8 Å². The molecule has 3 saturated heterocycles. The Hall–Kier alpha value is -2.61. The van der Waals surface area contributed by atoms with Gasteiger partial charge in [-0.05, 0) is 68.7 Å². The number of carbonyl (C=O) groups is 3. The van der Waals surface area contributed by atoms with E-state index in [1.807, 2.05) is 34.1 Å². The second kappa shape index (κ2) is 8.73. The van der Waals surface area contributed by atoms with Gasteiger partial charge >= 0.3 is 17.8 Å². The number of piperidine rings is 1. The molecule has 1 saturated carbocycles. The molecule has 0 radical (unpaired) electrons. The molecule has 4 fully saturated rings. The van der Waals surface area contributed by atoms with E-state index in [2.05, 4.69) is 0 Å². The number of carbonyl (C=O) groups excluding carboxylic acids is 3. The number of ether oxygens (including phenoxy) is 3. The lowest BCUT2D eigenvalue weighted by Gasteiger charge is -2.34. The smallest absolute Gasteiger partial charge is 0.421 e. The second-order valence-electron chi connectivity index (χ2n) is 9.23. The molecule has 8 nitrogen and oxygen atoms in total. The Balaban J connectivity index is 1.13. The number of esters is 2. The summed E-state index contributed by atoms with van der Waals surface area (Å²) < 4.78 is 16.8. The van der Waals surface area contributed by atoms with Gasteiger partial charge in [-0.2, -0.15) is 0 Å². The van der Waals surface area contributed by atoms with Crippen molar-refractivity contribution in [1.29, 1.82) is 0 Å². The van der Waals surface area contributed by atoms with Crippen molar-refractivity contribution in [2.45, 2.75) is 50.9 Å². The van der Waals surface area contributed by atoms with Gasteiger partial charge in [-0.3, -0.25) is 4.79 Å². The summed E-state index contributed by atoms with van der Waals surface area (Å²) in [6.45, 7) is 3.52. The molecule has 2 atom stereocenters. The first-order valence-electron chi connectivity index (χ1n) is 11.8. The molecule has 0 aromatic heterocycles. The van der Waals surface area contributed by atoms with Crippen molar-refractivity contribution in [3.63, 3.8) is 0 Å². The van der Waals surface area contributed by atoms with E-state index >= 15 is 0 Å². The minimum Gasteiger partial charge on any atom is -0.494 e. The first-order chi connectivity index (χ1) is 15.6. The predicted octanol–water partition coefficient (Wildman–Crippen LogP) is 2.57. The molecule has 172 valence electrons. The van der Waals surface area contributed by atoms with Crippen LogP contribution < -0.4 is 4.74 Å². The van der Waals surface area contributed by atoms with Crippen LogP contribution in [0.25, 0.3) is 0 Å². The number of rotatable bonds is 6. The molecule has 3 heterocycles. The molecule has 0 N–H and O–H groups in total. The summed E-state index contributed by atoms with van der Waals surface area (Å²) in [5.74, 6) is -1.75. The number of hydrogen-bond donors (Lipinski definition) is 0. The van der Waals surface area contributed by atoms with Crippen LogP contribution in [0.3, 0.4) is 0 Å². The summed E-state index contributed by atoms with van der Waals surface area (Å²) in [5.41, 5.74) is 0.690. The van der Waals surface area contributed by atoms with Crippen molar-refractivity contribution < 1.29 is 28.6 Å². The van der Waals surface area contributed by atoms with E-state index in [9.17, 15) is 14.4 Å². The normalized spacial score (nSPS) is 26.8. The maximum Gasteiger partial charge on any atom is 0.421 e. The topological polar surface area (TPSA) is 85.4 Å². The minimum absolute atomic E-state index is 0.0591. The molecule has 2 unspecified atom stereocenters. The second-order valence-corrected chi connectivity index (χ2v) is 9.23. The van der Waals surface area contributed by atoms with Crippen molar-refractivity contribution in [1.82, 2.24) is 9.80 Å². The highest BCUT2D eigenvalue weighted by atomic mass is 16.8. The molecule has 8 heteroatoms. The molecular formula is C24H30N2O6. The zero-order chi connectivity index (χ0) is 22.1. The average Bonchev–Trinajstić information content (AvgIpc) is 3.48. The van der Waals surface area contributed by atoms with Crippen LogP contribution >= 0.6 is 0 Å². The Labute approximate surface area is 187 Å². The number of fused-ring (bicyclic) bond motifs is 2. The monoisotopic (exact) mass is 442 g/mol. The van der Waals surface area contributed by atoms with Gasteiger partial charge in [0, 0.05) is 31.7 Å². The van der Waals surface area contributed by atoms with Crippen LogP contribution in [-0.2, 0) is 19.1 Å². The van der Waals surface area contributed by atoms with Crippen molar-refractivity contribution in [2.75, 3.05) is 32.8 Å². The first-order valence-corrected chi connectivity index (χ1v) is 11.8. The molecule has 1 aromatic rings. The third-order valence-electron chi connectivity index (χ3n) is 7.25. The van der Waals surface area contributed by atoms with Crippen molar-refractivity contribution >= 4 is 17.8 Å². The third-order valence-corrected chi connectivity index (χ3v) is 7.25. The van der Waals surface area contributed by atoms with Gasteiger partial charge in [-0.25, -0.2) is 14.5 Å². The van der Waals surface area contributed by atoms with Crippen LogP contribution in [0.2, 0.25) is 0 Å². The zero-order valence-corrected chi connectivity index (χ0v) is 18.3. The first kappa shape index (κ1) is 21.2. The van der Waals surface area contributed by atoms with E-state index in [0.717, 1.165) is 51.7 Å². The van der Waals surface area contributed by atoms with E-state index in [4.69, 9.17) is 14.2 Å². The van der Waals surface area contributed by atoms with Gasteiger partial charge in [-0.15, -0.1) is 0 Å². The number of amides is 1. The van der Waals surface area contributed by atoms with Crippen molar-refractivity contribution in [3.05, 3.63) is 29.8 Å². The molecule has 4 aliphatic rings. The molecule has 5 rings (SSSR count). The molecule has 1 aliphatic carbocycles. The van der Waals surface area contributed by atoms with E-state index in [1.54, 1.807) is 0 Å². The zero-order valence-electron chi connectivity index (χ0n) is 18.3. The highest BCUT2D eigenvalue weighted by molar-refractivity contribution is 6.31. The van der Waals surface area contributed by atoms with Crippen LogP contribution in [-0.4, -0.2) is 66.3 Å². The van der Waals surface area contributed by atoms with Crippen LogP contribution in [0.4, 0.5) is 0 Å². The number of hydrogen-bond acceptors (Lipinski definition) is 7. The highest BCUT2D eigenvalue weighted by Crippen LogP contribution is 2.51. The van der Waals surface area contributed by atoms with Gasteiger partial charge in [0.05, 0.1) is 12.5 Å². The van der Waals surface area contributed by atoms with Gasteiger partial charge in [-0.1, -0.05) is 6.42 Å². The summed E-state index contributed by atoms with van der Waals surface area (Å²) in [6, 6.07) is 7.31. The van der Waals surface area contributed by atoms with E-state index in [1.165, 1.54) is 6.42 Å². The largest absolute Gasteiger partial charge is 0.494 e. The SMILES string of the molecule is O=C1OC2(OC1=O)C1CCCC1CN2CCCOc1ccc(C(=O)N2CCCCC2)cc1. The summed E-state index contributed by atoms with van der Waals surface area (Å²) in [6.07, 6.45) is 7.08. The fraction of sp³-hybridized carbons (Fsp3) is 0.625. The maximum atomic E-state index is 12.6. The molecule has 3 aliphatic heterocycles. The highest BCUT2D eigenvalue weighted by Gasteiger charge is 2.65. The van der Waals surface area contributed by atoms with E-state index in [0.29, 0.717) is 36.8 Å². The lowest BCUT2D eigenvalue weighted by Crippen LogP contribution is -2.50. The molecule has 1 spiro atoms. The third kappa shape index (κ3) is 3.85. The van der Waals surface area contributed by atoms with Crippen molar-refractivity contribution in [2.24, 2.45) is 11.8 Å². The average molecular weight is 443 g/mol. The standard InChI is InChI=1S/C24H30N2O6/c27-21(25-12-2-1-3-13-25)17-8-10-19(11-9-17)30-15-5-14-26-16-18-6-4-7-20(18)24(26)31-22(28)23(29)32-24/h8-11,18,20H,1-7,12-16H2. The summed E-state index contributed by atoms with van der Waals surface area (Å²) in [7, 11) is 0. The van der Waals surface area contributed by atoms with E-state index in [-0.39, 0.29) is 11.8 Å². The van der Waals surface area contributed by atoms with Crippen LogP contribution in [0, 0.1) is 11.8 Å². The lowest BCUT2D eigenvalue weighted by atomic mass is 9.97. The van der Waals surface area contributed by atoms with Crippen LogP contribution in [0.1, 0.15) is 55.3 Å². The fourth-order valence-corrected chi connectivity index (χ4v) is 5.70. The molecule has 0 bridgehead atoms. The maximum absolute atomic E-state index is 12.6. The van der Waals surface area contributed by atoms with Gasteiger partial charge < -0.3 is 19.1 Å². The Morgan fingerprint density at radius 3 is 2.44 bits per heavy atom. The van der Waals surface area contributed by atoms with Gasteiger partial charge in [0.25, 0.3) is 5.91 Å². The molecule has 32 heavy (non-hydrogen) atoms. The number of benzene rings is 1. The molecular weight excluding hydrogens is 412 g/mol. The van der Waals surface area contributed by atoms with Gasteiger partial charge in [0.15, 0.2) is 0 Å². The number of nitrogens with zero attached hydrogens (tertiary/aromatic N) is 2. The lowest BCUT2D eigenvalue weighted by molar-refractivity contribution is -0.256. The van der Waals surface area contributed by atoms with Crippen molar-refractivity contribution in [3.8, 4) is 5.75 Å². The Morgan fingerprint density at radius 1 is 1.00 bits per heavy atom.